The van der Waals surface area contributed by atoms with E-state index >= 15 is 0 Å². The molecule has 0 aliphatic carbocycles. The summed E-state index contributed by atoms with van der Waals surface area (Å²) in [5.41, 5.74) is 0. The van der Waals surface area contributed by atoms with Crippen molar-refractivity contribution in [3.8, 4) is 0 Å². The van der Waals surface area contributed by atoms with E-state index in [1.807, 2.05) is 11.3 Å². The lowest BCUT2D eigenvalue weighted by Crippen LogP contribution is -2.43. The van der Waals surface area contributed by atoms with Crippen LogP contribution < -0.4 is 5.32 Å². The second-order valence-electron chi connectivity index (χ2n) is 5.67. The average Bonchev–Trinajstić information content (AvgIpc) is 3.01. The summed E-state index contributed by atoms with van der Waals surface area (Å²) in [4.78, 5) is 4.09. The molecular formula is C14H20Br2N2S. The molecule has 2 fully saturated rings. The number of halogens is 2. The maximum Gasteiger partial charge on any atom is 0.0843 e. The van der Waals surface area contributed by atoms with Gasteiger partial charge in [-0.15, -0.1) is 11.3 Å². The third kappa shape index (κ3) is 3.62. The number of hydrogen-bond acceptors (Lipinski definition) is 3. The molecule has 0 saturated carbocycles. The van der Waals surface area contributed by atoms with Crippen molar-refractivity contribution in [1.82, 2.24) is 10.2 Å². The van der Waals surface area contributed by atoms with Crippen molar-refractivity contribution in [2.75, 3.05) is 19.6 Å². The first-order valence-electron chi connectivity index (χ1n) is 7.12. The van der Waals surface area contributed by atoms with Gasteiger partial charge < -0.3 is 5.32 Å². The highest BCUT2D eigenvalue weighted by Gasteiger charge is 2.29. The Morgan fingerprint density at radius 1 is 1.32 bits per heavy atom. The molecule has 0 radical (unpaired) electrons. The smallest absolute Gasteiger partial charge is 0.0843 e. The summed E-state index contributed by atoms with van der Waals surface area (Å²) >= 11 is 9.03. The maximum absolute atomic E-state index is 3.68. The summed E-state index contributed by atoms with van der Waals surface area (Å²) in [6, 6.07) is 3.04. The highest BCUT2D eigenvalue weighted by molar-refractivity contribution is 9.13. The molecule has 0 aromatic carbocycles. The third-order valence-corrected chi connectivity index (χ3v) is 7.53. The summed E-state index contributed by atoms with van der Waals surface area (Å²) in [7, 11) is 0. The Kier molecular flexibility index (Phi) is 5.01. The van der Waals surface area contributed by atoms with Crippen LogP contribution in [-0.4, -0.2) is 30.6 Å². The van der Waals surface area contributed by atoms with Gasteiger partial charge in [-0.05, 0) is 82.6 Å². The summed E-state index contributed by atoms with van der Waals surface area (Å²) in [6.45, 7) is 4.87. The first-order chi connectivity index (χ1) is 9.22. The second kappa shape index (κ2) is 6.56. The number of hydrogen-bond donors (Lipinski definition) is 1. The van der Waals surface area contributed by atoms with Gasteiger partial charge in [-0.25, -0.2) is 0 Å². The van der Waals surface area contributed by atoms with Crippen LogP contribution in [0.4, 0.5) is 0 Å². The standard InChI is InChI=1S/C14H20Br2N2S/c15-12-7-11(19-14(12)16)9-18-6-2-3-10(8-18)13-4-1-5-17-13/h7,10,13,17H,1-6,8-9H2. The minimum Gasteiger partial charge on any atom is -0.314 e. The van der Waals surface area contributed by atoms with Gasteiger partial charge in [0.1, 0.15) is 0 Å². The quantitative estimate of drug-likeness (QED) is 0.805. The monoisotopic (exact) mass is 406 g/mol. The summed E-state index contributed by atoms with van der Waals surface area (Å²) < 4.78 is 2.41. The fraction of sp³-hybridized carbons (Fsp3) is 0.714. The van der Waals surface area contributed by atoms with Crippen LogP contribution in [0.25, 0.3) is 0 Å². The number of piperidine rings is 1. The Balaban J connectivity index is 1.58. The molecule has 2 saturated heterocycles. The summed E-state index contributed by atoms with van der Waals surface area (Å²) in [5.74, 6) is 0.864. The van der Waals surface area contributed by atoms with E-state index < -0.39 is 0 Å². The number of likely N-dealkylation sites (tertiary alicyclic amines) is 1. The first kappa shape index (κ1) is 14.5. The van der Waals surface area contributed by atoms with Crippen LogP contribution in [0.15, 0.2) is 14.3 Å². The van der Waals surface area contributed by atoms with Crippen molar-refractivity contribution in [3.05, 3.63) is 19.2 Å². The van der Waals surface area contributed by atoms with Gasteiger partial charge in [-0.1, -0.05) is 0 Å². The Morgan fingerprint density at radius 3 is 2.89 bits per heavy atom. The van der Waals surface area contributed by atoms with Gasteiger partial charge in [0.2, 0.25) is 0 Å². The number of nitrogens with zero attached hydrogens (tertiary/aromatic N) is 1. The van der Waals surface area contributed by atoms with Crippen LogP contribution in [0, 0.1) is 5.92 Å². The maximum atomic E-state index is 3.68. The molecule has 2 aliphatic heterocycles. The molecule has 2 atom stereocenters. The highest BCUT2D eigenvalue weighted by atomic mass is 79.9. The van der Waals surface area contributed by atoms with Gasteiger partial charge in [0, 0.05) is 28.5 Å². The van der Waals surface area contributed by atoms with E-state index in [0.717, 1.165) is 18.5 Å². The van der Waals surface area contributed by atoms with Gasteiger partial charge in [0.05, 0.1) is 3.79 Å². The molecule has 0 spiro atoms. The Bertz CT molecular complexity index is 410. The van der Waals surface area contributed by atoms with Crippen molar-refractivity contribution in [1.29, 1.82) is 0 Å². The minimum atomic E-state index is 0.782. The lowest BCUT2D eigenvalue weighted by atomic mass is 9.90. The van der Waals surface area contributed by atoms with Gasteiger partial charge in [0.15, 0.2) is 0 Å². The second-order valence-corrected chi connectivity index (χ2v) is 8.98. The predicted octanol–water partition coefficient (Wildman–Crippen LogP) is 4.24. The van der Waals surface area contributed by atoms with Crippen molar-refractivity contribution >= 4 is 43.2 Å². The molecule has 1 N–H and O–H groups in total. The zero-order chi connectivity index (χ0) is 13.2. The molecular weight excluding hydrogens is 388 g/mol. The molecule has 0 bridgehead atoms. The molecule has 2 unspecified atom stereocenters. The van der Waals surface area contributed by atoms with Crippen LogP contribution in [0.5, 0.6) is 0 Å². The molecule has 3 rings (SSSR count). The van der Waals surface area contributed by atoms with Crippen LogP contribution in [0.3, 0.4) is 0 Å². The minimum absolute atomic E-state index is 0.782. The summed E-state index contributed by atoms with van der Waals surface area (Å²) in [6.07, 6.45) is 5.52. The van der Waals surface area contributed by atoms with Crippen molar-refractivity contribution < 1.29 is 0 Å². The topological polar surface area (TPSA) is 15.3 Å². The zero-order valence-corrected chi connectivity index (χ0v) is 15.0. The third-order valence-electron chi connectivity index (χ3n) is 4.29. The highest BCUT2D eigenvalue weighted by Crippen LogP contribution is 2.34. The lowest BCUT2D eigenvalue weighted by molar-refractivity contribution is 0.146. The van der Waals surface area contributed by atoms with E-state index in [1.54, 1.807) is 0 Å². The van der Waals surface area contributed by atoms with E-state index in [2.05, 4.69) is 48.1 Å². The summed E-state index contributed by atoms with van der Waals surface area (Å²) in [5, 5.41) is 3.68. The molecule has 5 heteroatoms. The normalized spacial score (nSPS) is 28.9. The fourth-order valence-corrected chi connectivity index (χ4v) is 5.59. The van der Waals surface area contributed by atoms with Gasteiger partial charge in [0.25, 0.3) is 0 Å². The number of thiophene rings is 1. The largest absolute Gasteiger partial charge is 0.314 e. The van der Waals surface area contributed by atoms with Gasteiger partial charge in [-0.2, -0.15) is 0 Å². The SMILES string of the molecule is Brc1cc(CN2CCCC(C3CCCN3)C2)sc1Br. The molecule has 19 heavy (non-hydrogen) atoms. The molecule has 2 aliphatic rings. The molecule has 2 nitrogen and oxygen atoms in total. The van der Waals surface area contributed by atoms with Crippen LogP contribution >= 0.6 is 43.2 Å². The van der Waals surface area contributed by atoms with Crippen LogP contribution in [0.1, 0.15) is 30.6 Å². The average molecular weight is 408 g/mol. The fourth-order valence-electron chi connectivity index (χ4n) is 3.37. The van der Waals surface area contributed by atoms with E-state index in [0.29, 0.717) is 0 Å². The van der Waals surface area contributed by atoms with Crippen molar-refractivity contribution in [2.24, 2.45) is 5.92 Å². The lowest BCUT2D eigenvalue weighted by Gasteiger charge is -2.35. The van der Waals surface area contributed by atoms with E-state index in [4.69, 9.17) is 0 Å². The first-order valence-corrected chi connectivity index (χ1v) is 9.52. The van der Waals surface area contributed by atoms with Crippen molar-refractivity contribution in [3.63, 3.8) is 0 Å². The molecule has 106 valence electrons. The number of rotatable bonds is 3. The Labute approximate surface area is 136 Å². The predicted molar refractivity (Wildman–Crippen MR) is 88.7 cm³/mol. The molecule has 1 aromatic rings. The van der Waals surface area contributed by atoms with E-state index in [-0.39, 0.29) is 0 Å². The Morgan fingerprint density at radius 2 is 2.21 bits per heavy atom. The van der Waals surface area contributed by atoms with Crippen LogP contribution in [-0.2, 0) is 6.54 Å². The number of nitrogens with one attached hydrogen (secondary N) is 1. The molecule has 1 aromatic heterocycles. The molecule has 3 heterocycles. The van der Waals surface area contributed by atoms with Crippen molar-refractivity contribution in [2.45, 2.75) is 38.3 Å². The van der Waals surface area contributed by atoms with Gasteiger partial charge >= 0.3 is 0 Å². The van der Waals surface area contributed by atoms with E-state index in [9.17, 15) is 0 Å². The van der Waals surface area contributed by atoms with E-state index in [1.165, 1.54) is 58.5 Å². The zero-order valence-electron chi connectivity index (χ0n) is 11.0. The van der Waals surface area contributed by atoms with Gasteiger partial charge in [-0.3, -0.25) is 4.90 Å². The van der Waals surface area contributed by atoms with Crippen LogP contribution in [0.2, 0.25) is 0 Å². The molecule has 0 amide bonds. The Hall–Kier alpha value is 0.580.